The Hall–Kier alpha value is -1.86. The third kappa shape index (κ3) is 4.58. The van der Waals surface area contributed by atoms with Crippen LogP contribution in [-0.4, -0.2) is 73.1 Å². The Morgan fingerprint density at radius 3 is 2.50 bits per heavy atom. The number of carbonyl (C=O) groups excluding carboxylic acids is 2. The van der Waals surface area contributed by atoms with E-state index in [1.807, 2.05) is 4.90 Å². The van der Waals surface area contributed by atoms with Gasteiger partial charge in [-0.05, 0) is 63.7 Å². The van der Waals surface area contributed by atoms with E-state index in [0.29, 0.717) is 18.3 Å². The van der Waals surface area contributed by atoms with Gasteiger partial charge in [0, 0.05) is 38.2 Å². The van der Waals surface area contributed by atoms with Gasteiger partial charge in [0.05, 0.1) is 12.4 Å². The zero-order chi connectivity index (χ0) is 19.3. The van der Waals surface area contributed by atoms with Crippen molar-refractivity contribution in [2.24, 2.45) is 5.92 Å². The molecule has 0 radical (unpaired) electrons. The molecule has 1 aromatic heterocycles. The molecule has 7 nitrogen and oxygen atoms in total. The molecule has 2 amide bonds. The van der Waals surface area contributed by atoms with E-state index in [-0.39, 0.29) is 23.8 Å². The largest absolute Gasteiger partial charge is 0.459 e. The summed E-state index contributed by atoms with van der Waals surface area (Å²) in [6.45, 7) is 4.95. The number of furan rings is 1. The Labute approximate surface area is 166 Å². The van der Waals surface area contributed by atoms with Crippen molar-refractivity contribution in [2.45, 2.75) is 50.7 Å². The van der Waals surface area contributed by atoms with E-state index in [9.17, 15) is 9.59 Å². The van der Waals surface area contributed by atoms with E-state index in [0.717, 1.165) is 71.3 Å². The molecule has 154 valence electrons. The molecule has 0 saturated carbocycles. The molecule has 3 aliphatic heterocycles. The van der Waals surface area contributed by atoms with E-state index in [2.05, 4.69) is 10.2 Å². The lowest BCUT2D eigenvalue weighted by molar-refractivity contribution is -0.127. The SMILES string of the molecule is O=C(NC[C@@H]1CCCO1)C1CCN(C2CCN(C(=O)c3ccco3)CC2)CC1. The predicted molar refractivity (Wildman–Crippen MR) is 104 cm³/mol. The van der Waals surface area contributed by atoms with Gasteiger partial charge in [-0.15, -0.1) is 0 Å². The summed E-state index contributed by atoms with van der Waals surface area (Å²) in [5.41, 5.74) is 0. The Bertz CT molecular complexity index is 641. The molecule has 1 atom stereocenters. The monoisotopic (exact) mass is 389 g/mol. The molecule has 0 unspecified atom stereocenters. The lowest BCUT2D eigenvalue weighted by Gasteiger charge is -2.41. The first-order valence-corrected chi connectivity index (χ1v) is 10.7. The van der Waals surface area contributed by atoms with Crippen LogP contribution in [0.3, 0.4) is 0 Å². The summed E-state index contributed by atoms with van der Waals surface area (Å²) in [4.78, 5) is 29.2. The minimum Gasteiger partial charge on any atom is -0.459 e. The number of hydrogen-bond donors (Lipinski definition) is 1. The van der Waals surface area contributed by atoms with Crippen molar-refractivity contribution in [3.8, 4) is 0 Å². The first-order valence-electron chi connectivity index (χ1n) is 10.7. The fourth-order valence-corrected chi connectivity index (χ4v) is 4.68. The number of rotatable bonds is 5. The fourth-order valence-electron chi connectivity index (χ4n) is 4.68. The molecule has 3 fully saturated rings. The van der Waals surface area contributed by atoms with Gasteiger partial charge < -0.3 is 24.3 Å². The molecule has 0 bridgehead atoms. The summed E-state index contributed by atoms with van der Waals surface area (Å²) in [6, 6.07) is 3.99. The molecule has 1 aromatic rings. The highest BCUT2D eigenvalue weighted by Gasteiger charge is 2.32. The van der Waals surface area contributed by atoms with Crippen molar-refractivity contribution in [2.75, 3.05) is 39.3 Å². The average Bonchev–Trinajstić information content (AvgIpc) is 3.46. The summed E-state index contributed by atoms with van der Waals surface area (Å²) in [6.07, 6.45) is 7.72. The van der Waals surface area contributed by atoms with Gasteiger partial charge in [-0.3, -0.25) is 9.59 Å². The first-order chi connectivity index (χ1) is 13.7. The maximum absolute atomic E-state index is 12.4. The molecule has 4 rings (SSSR count). The molecule has 3 aliphatic rings. The molecule has 4 heterocycles. The van der Waals surface area contributed by atoms with Gasteiger partial charge in [-0.25, -0.2) is 0 Å². The molecule has 0 aromatic carbocycles. The summed E-state index contributed by atoms with van der Waals surface area (Å²) >= 11 is 0. The number of carbonyl (C=O) groups is 2. The van der Waals surface area contributed by atoms with Crippen LogP contribution in [0.1, 0.15) is 49.1 Å². The van der Waals surface area contributed by atoms with Crippen LogP contribution in [0.4, 0.5) is 0 Å². The summed E-state index contributed by atoms with van der Waals surface area (Å²) in [5.74, 6) is 0.727. The van der Waals surface area contributed by atoms with Crippen LogP contribution in [0.5, 0.6) is 0 Å². The Morgan fingerprint density at radius 2 is 1.86 bits per heavy atom. The van der Waals surface area contributed by atoms with E-state index in [4.69, 9.17) is 9.15 Å². The van der Waals surface area contributed by atoms with Gasteiger partial charge >= 0.3 is 0 Å². The van der Waals surface area contributed by atoms with Crippen LogP contribution in [0.2, 0.25) is 0 Å². The smallest absolute Gasteiger partial charge is 0.289 e. The second kappa shape index (κ2) is 9.09. The van der Waals surface area contributed by atoms with Crippen molar-refractivity contribution in [1.29, 1.82) is 0 Å². The number of ether oxygens (including phenoxy) is 1. The minimum absolute atomic E-state index is 0.00919. The molecule has 28 heavy (non-hydrogen) atoms. The average molecular weight is 389 g/mol. The second-order valence-electron chi connectivity index (χ2n) is 8.19. The maximum atomic E-state index is 12.4. The van der Waals surface area contributed by atoms with Gasteiger partial charge in [0.15, 0.2) is 5.76 Å². The van der Waals surface area contributed by atoms with Crippen LogP contribution in [0.25, 0.3) is 0 Å². The molecular formula is C21H31N3O4. The highest BCUT2D eigenvalue weighted by atomic mass is 16.5. The number of amides is 2. The van der Waals surface area contributed by atoms with Gasteiger partial charge in [-0.1, -0.05) is 0 Å². The number of piperidine rings is 2. The zero-order valence-electron chi connectivity index (χ0n) is 16.5. The third-order valence-electron chi connectivity index (χ3n) is 6.43. The van der Waals surface area contributed by atoms with Crippen LogP contribution < -0.4 is 5.32 Å². The Balaban J connectivity index is 1.17. The minimum atomic E-state index is -0.00919. The summed E-state index contributed by atoms with van der Waals surface area (Å²) < 4.78 is 10.8. The van der Waals surface area contributed by atoms with Crippen molar-refractivity contribution in [3.63, 3.8) is 0 Å². The molecule has 0 spiro atoms. The molecule has 1 N–H and O–H groups in total. The van der Waals surface area contributed by atoms with Gasteiger partial charge in [0.2, 0.25) is 5.91 Å². The van der Waals surface area contributed by atoms with Gasteiger partial charge in [0.1, 0.15) is 0 Å². The van der Waals surface area contributed by atoms with E-state index < -0.39 is 0 Å². The summed E-state index contributed by atoms with van der Waals surface area (Å²) in [7, 11) is 0. The van der Waals surface area contributed by atoms with Crippen LogP contribution >= 0.6 is 0 Å². The van der Waals surface area contributed by atoms with Crippen molar-refractivity contribution >= 4 is 11.8 Å². The maximum Gasteiger partial charge on any atom is 0.289 e. The van der Waals surface area contributed by atoms with Gasteiger partial charge in [0.25, 0.3) is 5.91 Å². The molecule has 3 saturated heterocycles. The van der Waals surface area contributed by atoms with Crippen LogP contribution in [0.15, 0.2) is 22.8 Å². The van der Waals surface area contributed by atoms with Crippen molar-refractivity contribution < 1.29 is 18.7 Å². The fraction of sp³-hybridized carbons (Fsp3) is 0.714. The standard InChI is InChI=1S/C21H31N3O4/c25-20(22-15-18-3-1-13-27-18)16-5-9-23(10-6-16)17-7-11-24(12-8-17)21(26)19-4-2-14-28-19/h2,4,14,16-18H,1,3,5-13,15H2,(H,22,25)/t18-/m0/s1. The third-order valence-corrected chi connectivity index (χ3v) is 6.43. The number of nitrogens with one attached hydrogen (secondary N) is 1. The number of hydrogen-bond acceptors (Lipinski definition) is 5. The van der Waals surface area contributed by atoms with E-state index >= 15 is 0 Å². The quantitative estimate of drug-likeness (QED) is 0.832. The molecule has 0 aliphatic carbocycles. The van der Waals surface area contributed by atoms with Crippen LogP contribution in [0, 0.1) is 5.92 Å². The zero-order valence-corrected chi connectivity index (χ0v) is 16.5. The topological polar surface area (TPSA) is 75.0 Å². The van der Waals surface area contributed by atoms with Crippen LogP contribution in [-0.2, 0) is 9.53 Å². The lowest BCUT2D eigenvalue weighted by atomic mass is 9.92. The molecule has 7 heteroatoms. The predicted octanol–water partition coefficient (Wildman–Crippen LogP) is 1.89. The highest BCUT2D eigenvalue weighted by molar-refractivity contribution is 5.91. The first kappa shape index (κ1) is 19.5. The van der Waals surface area contributed by atoms with E-state index in [1.165, 1.54) is 0 Å². The Morgan fingerprint density at radius 1 is 1.07 bits per heavy atom. The van der Waals surface area contributed by atoms with E-state index in [1.54, 1.807) is 18.4 Å². The lowest BCUT2D eigenvalue weighted by Crippen LogP contribution is -2.50. The number of likely N-dealkylation sites (tertiary alicyclic amines) is 2. The van der Waals surface area contributed by atoms with Gasteiger partial charge in [-0.2, -0.15) is 0 Å². The Kier molecular flexibility index (Phi) is 6.32. The number of nitrogens with zero attached hydrogens (tertiary/aromatic N) is 2. The normalized spacial score (nSPS) is 25.1. The van der Waals surface area contributed by atoms with Crippen molar-refractivity contribution in [3.05, 3.63) is 24.2 Å². The highest BCUT2D eigenvalue weighted by Crippen LogP contribution is 2.25. The second-order valence-corrected chi connectivity index (χ2v) is 8.19. The van der Waals surface area contributed by atoms with Crippen molar-refractivity contribution in [1.82, 2.24) is 15.1 Å². The molecular weight excluding hydrogens is 358 g/mol. The summed E-state index contributed by atoms with van der Waals surface area (Å²) in [5, 5.41) is 3.08.